The maximum Gasteiger partial charge on any atom is 0.246 e. The van der Waals surface area contributed by atoms with Gasteiger partial charge in [0.05, 0.1) is 6.61 Å². The largest absolute Gasteiger partial charge is 0.379 e. The van der Waals surface area contributed by atoms with E-state index in [-0.39, 0.29) is 12.5 Å². The van der Waals surface area contributed by atoms with Crippen LogP contribution in [0.1, 0.15) is 6.42 Å². The third kappa shape index (κ3) is 2.32. The van der Waals surface area contributed by atoms with Crippen LogP contribution in [-0.4, -0.2) is 29.6 Å². The van der Waals surface area contributed by atoms with Gasteiger partial charge in [0.15, 0.2) is 0 Å². The van der Waals surface area contributed by atoms with Crippen molar-refractivity contribution in [1.82, 2.24) is 4.98 Å². The van der Waals surface area contributed by atoms with E-state index in [1.165, 1.54) is 6.20 Å². The van der Waals surface area contributed by atoms with E-state index in [0.717, 1.165) is 0 Å². The zero-order chi connectivity index (χ0) is 11.6. The second-order valence-electron chi connectivity index (χ2n) is 3.78. The van der Waals surface area contributed by atoms with Crippen LogP contribution in [0.5, 0.6) is 0 Å². The number of nitrogens with one attached hydrogen (secondary N) is 1. The molecule has 0 radical (unpaired) electrons. The highest BCUT2D eigenvalue weighted by atomic mass is 35.5. The molecular formula is C10H12ClN3O2. The van der Waals surface area contributed by atoms with Gasteiger partial charge in [-0.25, -0.2) is 4.98 Å². The molecule has 1 unspecified atom stereocenters. The maximum absolute atomic E-state index is 11.9. The number of rotatable bonds is 2. The molecule has 1 saturated heterocycles. The number of pyridine rings is 1. The van der Waals surface area contributed by atoms with Crippen LogP contribution in [0.3, 0.4) is 0 Å². The number of ether oxygens (including phenoxy) is 1. The minimum absolute atomic E-state index is 0.248. The highest BCUT2D eigenvalue weighted by molar-refractivity contribution is 6.29. The standard InChI is InChI=1S/C10H12ClN3O2/c11-8-5-7(1-3-13-8)14-9(15)10(12)2-4-16-6-10/h1,3,5H,2,4,6,12H2,(H,13,14,15). The zero-order valence-corrected chi connectivity index (χ0v) is 9.33. The van der Waals surface area contributed by atoms with Crippen LogP contribution in [0.25, 0.3) is 0 Å². The van der Waals surface area contributed by atoms with Crippen LogP contribution in [0, 0.1) is 0 Å². The number of carbonyl (C=O) groups is 1. The summed E-state index contributed by atoms with van der Waals surface area (Å²) in [6.07, 6.45) is 2.05. The number of hydrogen-bond donors (Lipinski definition) is 2. The molecule has 0 saturated carbocycles. The Kier molecular flexibility index (Phi) is 3.09. The number of nitrogens with zero attached hydrogens (tertiary/aromatic N) is 1. The Bertz CT molecular complexity index is 405. The minimum atomic E-state index is -0.935. The summed E-state index contributed by atoms with van der Waals surface area (Å²) >= 11 is 5.70. The lowest BCUT2D eigenvalue weighted by Gasteiger charge is -2.20. The predicted molar refractivity (Wildman–Crippen MR) is 60.2 cm³/mol. The molecule has 0 bridgehead atoms. The van der Waals surface area contributed by atoms with Crippen molar-refractivity contribution in [2.75, 3.05) is 18.5 Å². The van der Waals surface area contributed by atoms with E-state index in [1.807, 2.05) is 0 Å². The number of nitrogens with two attached hydrogens (primary N) is 1. The van der Waals surface area contributed by atoms with Crippen molar-refractivity contribution in [2.24, 2.45) is 5.73 Å². The summed E-state index contributed by atoms with van der Waals surface area (Å²) in [7, 11) is 0. The van der Waals surface area contributed by atoms with Crippen LogP contribution in [0.2, 0.25) is 5.15 Å². The lowest BCUT2D eigenvalue weighted by molar-refractivity contribution is -0.121. The second-order valence-corrected chi connectivity index (χ2v) is 4.17. The Balaban J connectivity index is 2.07. The van der Waals surface area contributed by atoms with Crippen molar-refractivity contribution in [3.8, 4) is 0 Å². The van der Waals surface area contributed by atoms with Gasteiger partial charge in [-0.05, 0) is 18.6 Å². The van der Waals surface area contributed by atoms with E-state index in [0.29, 0.717) is 23.9 Å². The number of hydrogen-bond acceptors (Lipinski definition) is 4. The fraction of sp³-hybridized carbons (Fsp3) is 0.400. The van der Waals surface area contributed by atoms with Gasteiger partial charge in [0.1, 0.15) is 10.7 Å². The lowest BCUT2D eigenvalue weighted by Crippen LogP contribution is -2.51. The first-order valence-electron chi connectivity index (χ1n) is 4.90. The molecule has 3 N–H and O–H groups in total. The average Bonchev–Trinajstić information content (AvgIpc) is 2.66. The molecule has 2 heterocycles. The van der Waals surface area contributed by atoms with Crippen molar-refractivity contribution in [3.05, 3.63) is 23.5 Å². The number of carbonyl (C=O) groups excluding carboxylic acids is 1. The third-order valence-corrected chi connectivity index (χ3v) is 2.70. The van der Waals surface area contributed by atoms with Crippen molar-refractivity contribution in [2.45, 2.75) is 12.0 Å². The van der Waals surface area contributed by atoms with Crippen LogP contribution < -0.4 is 11.1 Å². The molecule has 1 fully saturated rings. The first-order valence-corrected chi connectivity index (χ1v) is 5.28. The molecule has 2 rings (SSSR count). The van der Waals surface area contributed by atoms with Crippen molar-refractivity contribution >= 4 is 23.2 Å². The van der Waals surface area contributed by atoms with Crippen molar-refractivity contribution in [1.29, 1.82) is 0 Å². The molecule has 1 aliphatic heterocycles. The van der Waals surface area contributed by atoms with E-state index in [2.05, 4.69) is 10.3 Å². The topological polar surface area (TPSA) is 77.2 Å². The van der Waals surface area contributed by atoms with Gasteiger partial charge in [0.25, 0.3) is 0 Å². The molecule has 86 valence electrons. The van der Waals surface area contributed by atoms with E-state index in [1.54, 1.807) is 12.1 Å². The summed E-state index contributed by atoms with van der Waals surface area (Å²) in [5.74, 6) is -0.257. The predicted octanol–water partition coefficient (Wildman–Crippen LogP) is 0.791. The third-order valence-electron chi connectivity index (χ3n) is 2.49. The molecule has 1 aromatic heterocycles. The first kappa shape index (κ1) is 11.3. The molecule has 0 aliphatic carbocycles. The molecule has 6 heteroatoms. The van der Waals surface area contributed by atoms with E-state index >= 15 is 0 Å². The fourth-order valence-electron chi connectivity index (χ4n) is 1.50. The molecular weight excluding hydrogens is 230 g/mol. The van der Waals surface area contributed by atoms with Gasteiger partial charge in [0.2, 0.25) is 5.91 Å². The van der Waals surface area contributed by atoms with Gasteiger partial charge in [-0.3, -0.25) is 4.79 Å². The molecule has 0 spiro atoms. The number of halogens is 1. The van der Waals surface area contributed by atoms with Crippen LogP contribution in [0.4, 0.5) is 5.69 Å². The van der Waals surface area contributed by atoms with E-state index in [4.69, 9.17) is 22.1 Å². The summed E-state index contributed by atoms with van der Waals surface area (Å²) in [4.78, 5) is 15.7. The first-order chi connectivity index (χ1) is 7.60. The van der Waals surface area contributed by atoms with Gasteiger partial charge in [-0.15, -0.1) is 0 Å². The Labute approximate surface area is 97.9 Å². The second kappa shape index (κ2) is 4.37. The van der Waals surface area contributed by atoms with E-state index < -0.39 is 5.54 Å². The summed E-state index contributed by atoms with van der Waals surface area (Å²) in [6, 6.07) is 3.22. The van der Waals surface area contributed by atoms with E-state index in [9.17, 15) is 4.79 Å². The molecule has 1 aliphatic rings. The lowest BCUT2D eigenvalue weighted by atomic mass is 9.99. The molecule has 16 heavy (non-hydrogen) atoms. The Morgan fingerprint density at radius 2 is 2.50 bits per heavy atom. The summed E-state index contributed by atoms with van der Waals surface area (Å²) in [5.41, 5.74) is 5.55. The Morgan fingerprint density at radius 3 is 3.12 bits per heavy atom. The number of anilines is 1. The molecule has 5 nitrogen and oxygen atoms in total. The Morgan fingerprint density at radius 1 is 1.69 bits per heavy atom. The maximum atomic E-state index is 11.9. The van der Waals surface area contributed by atoms with Crippen LogP contribution >= 0.6 is 11.6 Å². The van der Waals surface area contributed by atoms with Gasteiger partial charge in [0, 0.05) is 18.5 Å². The molecule has 1 aromatic rings. The summed E-state index contributed by atoms with van der Waals surface area (Å²) < 4.78 is 5.12. The molecule has 1 amide bonds. The highest BCUT2D eigenvalue weighted by Gasteiger charge is 2.38. The zero-order valence-electron chi connectivity index (χ0n) is 8.57. The monoisotopic (exact) mass is 241 g/mol. The minimum Gasteiger partial charge on any atom is -0.379 e. The highest BCUT2D eigenvalue weighted by Crippen LogP contribution is 2.19. The smallest absolute Gasteiger partial charge is 0.246 e. The molecule has 0 aromatic carbocycles. The summed E-state index contributed by atoms with van der Waals surface area (Å²) in [5, 5.41) is 3.02. The van der Waals surface area contributed by atoms with Gasteiger partial charge in [-0.2, -0.15) is 0 Å². The van der Waals surface area contributed by atoms with Crippen LogP contribution in [-0.2, 0) is 9.53 Å². The average molecular weight is 242 g/mol. The van der Waals surface area contributed by atoms with Crippen molar-refractivity contribution < 1.29 is 9.53 Å². The normalized spacial score (nSPS) is 24.4. The van der Waals surface area contributed by atoms with Crippen molar-refractivity contribution in [3.63, 3.8) is 0 Å². The van der Waals surface area contributed by atoms with Crippen LogP contribution in [0.15, 0.2) is 18.3 Å². The quantitative estimate of drug-likeness (QED) is 0.751. The fourth-order valence-corrected chi connectivity index (χ4v) is 1.67. The Hall–Kier alpha value is -1.17. The number of amides is 1. The van der Waals surface area contributed by atoms with Gasteiger partial charge >= 0.3 is 0 Å². The molecule has 1 atom stereocenters. The van der Waals surface area contributed by atoms with Gasteiger partial charge in [-0.1, -0.05) is 11.6 Å². The SMILES string of the molecule is NC1(C(=O)Nc2ccnc(Cl)c2)CCOC1. The van der Waals surface area contributed by atoms with Gasteiger partial charge < -0.3 is 15.8 Å². The summed E-state index contributed by atoms with van der Waals surface area (Å²) in [6.45, 7) is 0.763. The number of aromatic nitrogens is 1.